The first-order chi connectivity index (χ1) is 9.29. The van der Waals surface area contributed by atoms with Crippen molar-refractivity contribution in [3.8, 4) is 0 Å². The van der Waals surface area contributed by atoms with Crippen molar-refractivity contribution in [3.05, 3.63) is 0 Å². The highest BCUT2D eigenvalue weighted by Gasteiger charge is 2.47. The van der Waals surface area contributed by atoms with E-state index in [2.05, 4.69) is 44.7 Å². The maximum Gasteiger partial charge on any atom is 0.153 e. The number of hydrogen-bond acceptors (Lipinski definition) is 3. The molecule has 1 saturated carbocycles. The summed E-state index contributed by atoms with van der Waals surface area (Å²) in [4.78, 5) is 17.5. The summed E-state index contributed by atoms with van der Waals surface area (Å²) in [6.07, 6.45) is 6.44. The highest BCUT2D eigenvalue weighted by atomic mass is 16.1. The van der Waals surface area contributed by atoms with Crippen LogP contribution in [0, 0.1) is 5.41 Å². The van der Waals surface area contributed by atoms with E-state index in [0.29, 0.717) is 11.8 Å². The van der Waals surface area contributed by atoms with Crippen molar-refractivity contribution < 1.29 is 4.79 Å². The van der Waals surface area contributed by atoms with Gasteiger partial charge in [-0.3, -0.25) is 9.69 Å². The lowest BCUT2D eigenvalue weighted by atomic mass is 9.66. The summed E-state index contributed by atoms with van der Waals surface area (Å²) < 4.78 is 0. The molecule has 2 rings (SSSR count). The Kier molecular flexibility index (Phi) is 4.60. The maximum atomic E-state index is 12.8. The van der Waals surface area contributed by atoms with E-state index in [1.165, 1.54) is 19.3 Å². The van der Waals surface area contributed by atoms with Crippen LogP contribution in [0.2, 0.25) is 0 Å². The maximum absolute atomic E-state index is 12.8. The zero-order valence-electron chi connectivity index (χ0n) is 14.0. The van der Waals surface area contributed by atoms with Gasteiger partial charge in [-0.2, -0.15) is 0 Å². The monoisotopic (exact) mass is 280 g/mol. The fourth-order valence-corrected chi connectivity index (χ4v) is 3.80. The summed E-state index contributed by atoms with van der Waals surface area (Å²) in [5.41, 5.74) is 0.0965. The van der Waals surface area contributed by atoms with Gasteiger partial charge in [0.2, 0.25) is 0 Å². The Morgan fingerprint density at radius 2 is 1.70 bits per heavy atom. The van der Waals surface area contributed by atoms with E-state index >= 15 is 0 Å². The predicted molar refractivity (Wildman–Crippen MR) is 83.9 cm³/mol. The van der Waals surface area contributed by atoms with E-state index in [1.54, 1.807) is 0 Å². The Labute approximate surface area is 124 Å². The van der Waals surface area contributed by atoms with E-state index in [-0.39, 0.29) is 11.0 Å². The lowest BCUT2D eigenvalue weighted by molar-refractivity contribution is -0.138. The second kappa shape index (κ2) is 5.76. The normalized spacial score (nSPS) is 25.8. The Balaban J connectivity index is 1.94. The zero-order chi connectivity index (χ0) is 15.0. The fraction of sp³-hybridized carbons (Fsp3) is 0.941. The molecule has 1 aliphatic carbocycles. The van der Waals surface area contributed by atoms with Crippen LogP contribution in [0.5, 0.6) is 0 Å². The average molecular weight is 280 g/mol. The molecule has 3 nitrogen and oxygen atoms in total. The van der Waals surface area contributed by atoms with Gasteiger partial charge >= 0.3 is 0 Å². The topological polar surface area (TPSA) is 23.6 Å². The first-order valence-corrected chi connectivity index (χ1v) is 8.24. The first kappa shape index (κ1) is 16.0. The third kappa shape index (κ3) is 2.94. The van der Waals surface area contributed by atoms with Crippen molar-refractivity contribution in [1.29, 1.82) is 0 Å². The van der Waals surface area contributed by atoms with E-state index in [1.807, 2.05) is 0 Å². The van der Waals surface area contributed by atoms with Gasteiger partial charge in [0.1, 0.15) is 0 Å². The molecule has 0 bridgehead atoms. The van der Waals surface area contributed by atoms with Crippen molar-refractivity contribution in [1.82, 2.24) is 9.80 Å². The molecule has 0 atom stereocenters. The average Bonchev–Trinajstić information content (AvgIpc) is 2.26. The smallest absolute Gasteiger partial charge is 0.153 e. The molecule has 0 aromatic carbocycles. The van der Waals surface area contributed by atoms with Gasteiger partial charge in [-0.25, -0.2) is 0 Å². The Morgan fingerprint density at radius 3 is 2.05 bits per heavy atom. The van der Waals surface area contributed by atoms with E-state index < -0.39 is 0 Å². The van der Waals surface area contributed by atoms with Crippen LogP contribution < -0.4 is 0 Å². The molecule has 20 heavy (non-hydrogen) atoms. The molecule has 1 aliphatic heterocycles. The largest absolute Gasteiger partial charge is 0.301 e. The molecule has 0 radical (unpaired) electrons. The van der Waals surface area contributed by atoms with Gasteiger partial charge in [0.25, 0.3) is 0 Å². The first-order valence-electron chi connectivity index (χ1n) is 8.24. The second-order valence-corrected chi connectivity index (χ2v) is 7.82. The van der Waals surface area contributed by atoms with Gasteiger partial charge in [-0.15, -0.1) is 0 Å². The highest BCUT2D eigenvalue weighted by Crippen LogP contribution is 2.43. The molecule has 3 heteroatoms. The van der Waals surface area contributed by atoms with Crippen molar-refractivity contribution in [2.75, 3.05) is 27.2 Å². The number of nitrogens with zero attached hydrogens (tertiary/aromatic N) is 2. The van der Waals surface area contributed by atoms with Gasteiger partial charge in [0.05, 0.1) is 5.54 Å². The molecule has 1 saturated heterocycles. The minimum Gasteiger partial charge on any atom is -0.301 e. The van der Waals surface area contributed by atoms with Crippen molar-refractivity contribution in [2.45, 2.75) is 70.9 Å². The Bertz CT molecular complexity index is 350. The molecule has 0 unspecified atom stereocenters. The van der Waals surface area contributed by atoms with Gasteiger partial charge in [0, 0.05) is 12.5 Å². The number of ketones is 1. The second-order valence-electron chi connectivity index (χ2n) is 7.82. The molecule has 1 heterocycles. The minimum atomic E-state index is -0.127. The number of rotatable bonds is 5. The number of carbonyl (C=O) groups excluding carboxylic acids is 1. The van der Waals surface area contributed by atoms with Crippen LogP contribution in [0.3, 0.4) is 0 Å². The van der Waals surface area contributed by atoms with Crippen molar-refractivity contribution in [2.24, 2.45) is 5.41 Å². The number of likely N-dealkylation sites (N-methyl/N-ethyl adjacent to an activating group) is 1. The third-order valence-corrected chi connectivity index (χ3v) is 5.88. The summed E-state index contributed by atoms with van der Waals surface area (Å²) in [5, 5.41) is 0. The summed E-state index contributed by atoms with van der Waals surface area (Å²) in [7, 11) is 4.14. The van der Waals surface area contributed by atoms with Gasteiger partial charge in [-0.05, 0) is 78.6 Å². The molecule has 2 fully saturated rings. The molecular weight excluding hydrogens is 248 g/mol. The van der Waals surface area contributed by atoms with E-state index in [0.717, 1.165) is 32.4 Å². The summed E-state index contributed by atoms with van der Waals surface area (Å²) >= 11 is 0. The molecule has 0 N–H and O–H groups in total. The Hall–Kier alpha value is -0.410. The summed E-state index contributed by atoms with van der Waals surface area (Å²) in [5.74, 6) is 0.495. The van der Waals surface area contributed by atoms with E-state index in [9.17, 15) is 4.79 Å². The number of likely N-dealkylation sites (tertiary alicyclic amines) is 1. The van der Waals surface area contributed by atoms with Gasteiger partial charge < -0.3 is 4.90 Å². The van der Waals surface area contributed by atoms with Crippen LogP contribution in [-0.2, 0) is 4.79 Å². The number of hydrogen-bond donors (Lipinski definition) is 0. The van der Waals surface area contributed by atoms with Crippen LogP contribution in [0.15, 0.2) is 0 Å². The third-order valence-electron chi connectivity index (χ3n) is 5.88. The number of carbonyl (C=O) groups is 1. The standard InChI is InChI=1S/C17H32N2O/c1-14(2)19-11-9-16(3,10-12-19)13-15(20)17(18(4)5)7-6-8-17/h14H,6-13H2,1-5H3. The molecule has 0 spiro atoms. The van der Waals surface area contributed by atoms with Crippen LogP contribution >= 0.6 is 0 Å². The minimum absolute atomic E-state index is 0.127. The van der Waals surface area contributed by atoms with Gasteiger partial charge in [-0.1, -0.05) is 6.92 Å². The van der Waals surface area contributed by atoms with Gasteiger partial charge in [0.15, 0.2) is 5.78 Å². The summed E-state index contributed by atoms with van der Waals surface area (Å²) in [6, 6.07) is 0.634. The summed E-state index contributed by atoms with van der Waals surface area (Å²) in [6.45, 7) is 9.16. The molecule has 0 aromatic rings. The number of piperidine rings is 1. The van der Waals surface area contributed by atoms with Crippen LogP contribution in [0.1, 0.15) is 59.3 Å². The van der Waals surface area contributed by atoms with E-state index in [4.69, 9.17) is 0 Å². The van der Waals surface area contributed by atoms with Crippen molar-refractivity contribution in [3.63, 3.8) is 0 Å². The lowest BCUT2D eigenvalue weighted by Crippen LogP contribution is -2.57. The molecule has 0 amide bonds. The van der Waals surface area contributed by atoms with Crippen LogP contribution in [-0.4, -0.2) is 54.3 Å². The van der Waals surface area contributed by atoms with Crippen LogP contribution in [0.25, 0.3) is 0 Å². The molecule has 0 aromatic heterocycles. The predicted octanol–water partition coefficient (Wildman–Crippen LogP) is 2.94. The lowest BCUT2D eigenvalue weighted by Gasteiger charge is -2.48. The number of Topliss-reactive ketones (excluding diaryl/α,β-unsaturated/α-hetero) is 1. The molecular formula is C17H32N2O. The molecule has 2 aliphatic rings. The molecule has 116 valence electrons. The van der Waals surface area contributed by atoms with Crippen molar-refractivity contribution >= 4 is 5.78 Å². The SMILES string of the molecule is CC(C)N1CCC(C)(CC(=O)C2(N(C)C)CCC2)CC1. The highest BCUT2D eigenvalue weighted by molar-refractivity contribution is 5.89. The Morgan fingerprint density at radius 1 is 1.15 bits per heavy atom. The fourth-order valence-electron chi connectivity index (χ4n) is 3.80. The zero-order valence-corrected chi connectivity index (χ0v) is 14.0. The quantitative estimate of drug-likeness (QED) is 0.773. The van der Waals surface area contributed by atoms with Crippen LogP contribution in [0.4, 0.5) is 0 Å².